The Morgan fingerprint density at radius 3 is 2.79 bits per heavy atom. The highest BCUT2D eigenvalue weighted by atomic mass is 16.5. The van der Waals surface area contributed by atoms with Crippen LogP contribution in [0.4, 0.5) is 0 Å². The molecule has 0 saturated carbocycles. The van der Waals surface area contributed by atoms with E-state index in [2.05, 4.69) is 21.8 Å². The van der Waals surface area contributed by atoms with Crippen molar-refractivity contribution in [3.63, 3.8) is 0 Å². The Morgan fingerprint density at radius 1 is 1.26 bits per heavy atom. The molecular formula is C14H19N3O2. The number of ether oxygens (including phenoxy) is 2. The van der Waals surface area contributed by atoms with E-state index in [0.29, 0.717) is 24.6 Å². The molecule has 2 rings (SSSR count). The summed E-state index contributed by atoms with van der Waals surface area (Å²) in [5.74, 6) is 1.38. The van der Waals surface area contributed by atoms with Crippen molar-refractivity contribution >= 4 is 0 Å². The Balaban J connectivity index is 2.22. The molecule has 0 spiro atoms. The average Bonchev–Trinajstić information content (AvgIpc) is 2.86. The number of nitrogens with zero attached hydrogens (tertiary/aromatic N) is 2. The van der Waals surface area contributed by atoms with Gasteiger partial charge in [0.1, 0.15) is 5.69 Å². The second-order valence-corrected chi connectivity index (χ2v) is 4.22. The zero-order chi connectivity index (χ0) is 13.7. The summed E-state index contributed by atoms with van der Waals surface area (Å²) >= 11 is 0. The number of hydrogen-bond donors (Lipinski definition) is 1. The fraction of sp³-hybridized carbons (Fsp3) is 0.357. The zero-order valence-corrected chi connectivity index (χ0v) is 11.3. The Bertz CT molecular complexity index is 537. The minimum Gasteiger partial charge on any atom is -0.493 e. The number of rotatable bonds is 6. The zero-order valence-electron chi connectivity index (χ0n) is 11.3. The summed E-state index contributed by atoms with van der Waals surface area (Å²) < 4.78 is 12.7. The second kappa shape index (κ2) is 6.24. The molecule has 0 aliphatic rings. The van der Waals surface area contributed by atoms with Gasteiger partial charge in [-0.3, -0.25) is 4.98 Å². The fourth-order valence-electron chi connectivity index (χ4n) is 2.04. The van der Waals surface area contributed by atoms with Gasteiger partial charge in [0.2, 0.25) is 0 Å². The molecule has 5 heteroatoms. The van der Waals surface area contributed by atoms with E-state index >= 15 is 0 Å². The van der Waals surface area contributed by atoms with Crippen molar-refractivity contribution in [1.82, 2.24) is 9.55 Å². The Hall–Kier alpha value is -2.01. The van der Waals surface area contributed by atoms with Gasteiger partial charge in [0.05, 0.1) is 20.8 Å². The summed E-state index contributed by atoms with van der Waals surface area (Å²) in [5.41, 5.74) is 7.62. The van der Waals surface area contributed by atoms with Crippen molar-refractivity contribution in [3.8, 4) is 11.5 Å². The van der Waals surface area contributed by atoms with E-state index in [1.165, 1.54) is 5.56 Å². The van der Waals surface area contributed by atoms with Gasteiger partial charge in [-0.15, -0.1) is 0 Å². The maximum absolute atomic E-state index is 5.55. The molecule has 0 unspecified atom stereocenters. The van der Waals surface area contributed by atoms with Gasteiger partial charge >= 0.3 is 0 Å². The lowest BCUT2D eigenvalue weighted by Gasteiger charge is -2.11. The molecule has 2 heterocycles. The van der Waals surface area contributed by atoms with Crippen LogP contribution in [0.25, 0.3) is 0 Å². The highest BCUT2D eigenvalue weighted by Crippen LogP contribution is 2.29. The topological polar surface area (TPSA) is 62.3 Å². The van der Waals surface area contributed by atoms with Crippen LogP contribution >= 0.6 is 0 Å². The number of nitrogens with two attached hydrogens (primary N) is 1. The van der Waals surface area contributed by atoms with E-state index in [-0.39, 0.29) is 0 Å². The van der Waals surface area contributed by atoms with Gasteiger partial charge in [0.15, 0.2) is 11.5 Å². The van der Waals surface area contributed by atoms with Crippen LogP contribution in [0.15, 0.2) is 30.7 Å². The van der Waals surface area contributed by atoms with Crippen molar-refractivity contribution < 1.29 is 9.47 Å². The fourth-order valence-corrected chi connectivity index (χ4v) is 2.04. The van der Waals surface area contributed by atoms with Crippen LogP contribution in [0, 0.1) is 0 Å². The molecule has 0 amide bonds. The van der Waals surface area contributed by atoms with Crippen LogP contribution < -0.4 is 15.2 Å². The van der Waals surface area contributed by atoms with E-state index in [1.807, 2.05) is 6.20 Å². The van der Waals surface area contributed by atoms with Crippen LogP contribution in [-0.2, 0) is 13.0 Å². The molecule has 0 fully saturated rings. The summed E-state index contributed by atoms with van der Waals surface area (Å²) in [6.07, 6.45) is 6.70. The molecular weight excluding hydrogens is 242 g/mol. The molecule has 2 aromatic rings. The third-order valence-electron chi connectivity index (χ3n) is 2.94. The molecule has 0 saturated heterocycles. The molecule has 0 aliphatic heterocycles. The monoisotopic (exact) mass is 261 g/mol. The number of methoxy groups -OCH3 is 2. The molecule has 0 atom stereocenters. The minimum absolute atomic E-state index is 0.644. The van der Waals surface area contributed by atoms with Crippen molar-refractivity contribution in [1.29, 1.82) is 0 Å². The largest absolute Gasteiger partial charge is 0.493 e. The third kappa shape index (κ3) is 3.06. The quantitative estimate of drug-likeness (QED) is 0.855. The first kappa shape index (κ1) is 13.4. The van der Waals surface area contributed by atoms with E-state index in [1.54, 1.807) is 26.5 Å². The Labute approximate surface area is 113 Å². The number of pyridine rings is 1. The lowest BCUT2D eigenvalue weighted by atomic mass is 10.2. The van der Waals surface area contributed by atoms with Crippen LogP contribution in [-0.4, -0.2) is 30.3 Å². The van der Waals surface area contributed by atoms with Crippen molar-refractivity contribution in [2.24, 2.45) is 5.73 Å². The Kier molecular flexibility index (Phi) is 4.41. The lowest BCUT2D eigenvalue weighted by Crippen LogP contribution is -2.04. The first-order chi connectivity index (χ1) is 9.28. The molecule has 0 aliphatic carbocycles. The molecule has 0 aromatic carbocycles. The summed E-state index contributed by atoms with van der Waals surface area (Å²) in [5, 5.41) is 0. The summed E-state index contributed by atoms with van der Waals surface area (Å²) in [4.78, 5) is 4.36. The molecule has 5 nitrogen and oxygen atoms in total. The van der Waals surface area contributed by atoms with Gasteiger partial charge in [-0.05, 0) is 24.6 Å². The van der Waals surface area contributed by atoms with E-state index in [0.717, 1.165) is 12.1 Å². The normalized spacial score (nSPS) is 10.5. The van der Waals surface area contributed by atoms with Gasteiger partial charge in [-0.25, -0.2) is 0 Å². The predicted octanol–water partition coefficient (Wildman–Crippen LogP) is 1.45. The second-order valence-electron chi connectivity index (χ2n) is 4.22. The molecule has 2 N–H and O–H groups in total. The third-order valence-corrected chi connectivity index (χ3v) is 2.94. The molecule has 19 heavy (non-hydrogen) atoms. The molecule has 0 radical (unpaired) electrons. The summed E-state index contributed by atoms with van der Waals surface area (Å²) in [6, 6.07) is 3.86. The first-order valence-corrected chi connectivity index (χ1v) is 6.19. The molecule has 2 aromatic heterocycles. The van der Waals surface area contributed by atoms with E-state index in [9.17, 15) is 0 Å². The summed E-state index contributed by atoms with van der Waals surface area (Å²) in [7, 11) is 3.25. The minimum atomic E-state index is 0.644. The maximum Gasteiger partial charge on any atom is 0.184 e. The lowest BCUT2D eigenvalue weighted by molar-refractivity contribution is 0.348. The van der Waals surface area contributed by atoms with E-state index < -0.39 is 0 Å². The van der Waals surface area contributed by atoms with Crippen LogP contribution in [0.1, 0.15) is 11.3 Å². The Morgan fingerprint density at radius 2 is 2.11 bits per heavy atom. The average molecular weight is 261 g/mol. The molecule has 0 bridgehead atoms. The maximum atomic E-state index is 5.55. The highest BCUT2D eigenvalue weighted by molar-refractivity contribution is 5.42. The van der Waals surface area contributed by atoms with Gasteiger partial charge < -0.3 is 19.8 Å². The van der Waals surface area contributed by atoms with Crippen LogP contribution in [0.3, 0.4) is 0 Å². The van der Waals surface area contributed by atoms with Crippen molar-refractivity contribution in [2.45, 2.75) is 13.0 Å². The van der Waals surface area contributed by atoms with Crippen LogP contribution in [0.5, 0.6) is 11.5 Å². The smallest absolute Gasteiger partial charge is 0.184 e. The van der Waals surface area contributed by atoms with Gasteiger partial charge in [0, 0.05) is 24.7 Å². The standard InChI is InChI=1S/C14H19N3O2/c1-18-13-4-7-16-12(14(13)19-2)10-17-8-5-11(9-17)3-6-15/h4-5,7-9H,3,6,10,15H2,1-2H3. The van der Waals surface area contributed by atoms with Gasteiger partial charge in [-0.2, -0.15) is 0 Å². The first-order valence-electron chi connectivity index (χ1n) is 6.19. The van der Waals surface area contributed by atoms with E-state index in [4.69, 9.17) is 15.2 Å². The van der Waals surface area contributed by atoms with Crippen molar-refractivity contribution in [2.75, 3.05) is 20.8 Å². The van der Waals surface area contributed by atoms with Crippen LogP contribution in [0.2, 0.25) is 0 Å². The SMILES string of the molecule is COc1ccnc(Cn2ccc(CCN)c2)c1OC. The van der Waals surface area contributed by atoms with Gasteiger partial charge in [0.25, 0.3) is 0 Å². The number of aromatic nitrogens is 2. The summed E-state index contributed by atoms with van der Waals surface area (Å²) in [6.45, 7) is 1.30. The van der Waals surface area contributed by atoms with Gasteiger partial charge in [-0.1, -0.05) is 0 Å². The number of hydrogen-bond acceptors (Lipinski definition) is 4. The predicted molar refractivity (Wildman–Crippen MR) is 73.6 cm³/mol. The van der Waals surface area contributed by atoms with Crippen molar-refractivity contribution in [3.05, 3.63) is 42.0 Å². The molecule has 102 valence electrons. The highest BCUT2D eigenvalue weighted by Gasteiger charge is 2.11.